The molecule has 3 nitrogen and oxygen atoms in total. The first-order valence-electron chi connectivity index (χ1n) is 5.09. The van der Waals surface area contributed by atoms with E-state index in [-0.39, 0.29) is 6.10 Å². The molecule has 0 aliphatic rings. The van der Waals surface area contributed by atoms with Gasteiger partial charge in [0, 0.05) is 17.9 Å². The molecular weight excluding hydrogens is 202 g/mol. The molecule has 3 heteroatoms. The smallest absolute Gasteiger partial charge is 0.228 e. The van der Waals surface area contributed by atoms with Crippen molar-refractivity contribution < 1.29 is 14.7 Å². The Kier molecular flexibility index (Phi) is 3.17. The fraction of sp³-hybridized carbons (Fsp3) is 0.154. The number of rotatable bonds is 3. The third-order valence-electron chi connectivity index (χ3n) is 2.45. The highest BCUT2D eigenvalue weighted by atomic mass is 16.5. The third-order valence-corrected chi connectivity index (χ3v) is 2.45. The van der Waals surface area contributed by atoms with Gasteiger partial charge in [-0.25, -0.2) is 0 Å². The van der Waals surface area contributed by atoms with Crippen LogP contribution in [0.1, 0.15) is 17.2 Å². The molecule has 1 atom stereocenters. The lowest BCUT2D eigenvalue weighted by molar-refractivity contribution is -0.905. The summed E-state index contributed by atoms with van der Waals surface area (Å²) in [7, 11) is 1.66. The summed E-state index contributed by atoms with van der Waals surface area (Å²) >= 11 is 0. The highest BCUT2D eigenvalue weighted by Crippen LogP contribution is 2.23. The van der Waals surface area contributed by atoms with Crippen LogP contribution >= 0.6 is 0 Å². The molecule has 82 valence electrons. The summed E-state index contributed by atoms with van der Waals surface area (Å²) in [5.74, 6) is 0. The molecule has 1 aromatic heterocycles. The van der Waals surface area contributed by atoms with E-state index in [1.165, 1.54) is 0 Å². The first-order chi connectivity index (χ1) is 7.81. The Morgan fingerprint density at radius 3 is 2.38 bits per heavy atom. The highest BCUT2D eigenvalue weighted by Gasteiger charge is 2.15. The normalized spacial score (nSPS) is 12.3. The average Bonchev–Trinajstić information content (AvgIpc) is 2.31. The zero-order chi connectivity index (χ0) is 11.4. The van der Waals surface area contributed by atoms with Gasteiger partial charge in [-0.15, -0.1) is 0 Å². The first kappa shape index (κ1) is 10.6. The maximum absolute atomic E-state index is 9.37. The first-order valence-corrected chi connectivity index (χ1v) is 5.09. The van der Waals surface area contributed by atoms with Crippen LogP contribution in [0, 0.1) is 0 Å². The van der Waals surface area contributed by atoms with E-state index in [2.05, 4.69) is 0 Å². The Bertz CT molecular complexity index is 456. The lowest BCUT2D eigenvalue weighted by atomic mass is 10.0. The van der Waals surface area contributed by atoms with Gasteiger partial charge in [0.05, 0.1) is 5.56 Å². The van der Waals surface area contributed by atoms with Crippen LogP contribution < -0.4 is 4.73 Å². The summed E-state index contributed by atoms with van der Waals surface area (Å²) in [5, 5.41) is 9.37. The molecule has 0 spiro atoms. The molecule has 1 unspecified atom stereocenters. The van der Waals surface area contributed by atoms with Crippen molar-refractivity contribution in [2.24, 2.45) is 0 Å². The predicted molar refractivity (Wildman–Crippen MR) is 59.1 cm³/mol. The SMILES string of the molecule is COC(c1ccccc1)c1ccc[n+](O)c1. The molecule has 0 aliphatic heterocycles. The Hall–Kier alpha value is -1.87. The molecule has 0 radical (unpaired) electrons. The van der Waals surface area contributed by atoms with E-state index >= 15 is 0 Å². The van der Waals surface area contributed by atoms with Crippen LogP contribution in [0.25, 0.3) is 0 Å². The van der Waals surface area contributed by atoms with Crippen molar-refractivity contribution in [3.05, 3.63) is 66.0 Å². The van der Waals surface area contributed by atoms with Crippen molar-refractivity contribution in [2.75, 3.05) is 7.11 Å². The summed E-state index contributed by atoms with van der Waals surface area (Å²) in [6, 6.07) is 13.6. The number of aromatic nitrogens is 1. The second-order valence-electron chi connectivity index (χ2n) is 3.54. The van der Waals surface area contributed by atoms with Crippen molar-refractivity contribution in [1.29, 1.82) is 0 Å². The largest absolute Gasteiger partial charge is 0.372 e. The van der Waals surface area contributed by atoms with Crippen molar-refractivity contribution in [3.63, 3.8) is 0 Å². The molecule has 0 saturated heterocycles. The molecule has 2 aromatic rings. The van der Waals surface area contributed by atoms with Crippen LogP contribution in [0.2, 0.25) is 0 Å². The van der Waals surface area contributed by atoms with E-state index in [4.69, 9.17) is 4.74 Å². The maximum Gasteiger partial charge on any atom is 0.228 e. The minimum atomic E-state index is -0.152. The van der Waals surface area contributed by atoms with Crippen molar-refractivity contribution >= 4 is 0 Å². The highest BCUT2D eigenvalue weighted by molar-refractivity contribution is 5.27. The second-order valence-corrected chi connectivity index (χ2v) is 3.54. The van der Waals surface area contributed by atoms with Gasteiger partial charge in [-0.05, 0) is 11.6 Å². The van der Waals surface area contributed by atoms with Gasteiger partial charge in [-0.3, -0.25) is 5.21 Å². The fourth-order valence-electron chi connectivity index (χ4n) is 1.73. The van der Waals surface area contributed by atoms with Crippen molar-refractivity contribution in [3.8, 4) is 0 Å². The van der Waals surface area contributed by atoms with Crippen LogP contribution in [-0.4, -0.2) is 12.3 Å². The summed E-state index contributed by atoms with van der Waals surface area (Å²) in [5.41, 5.74) is 1.98. The van der Waals surface area contributed by atoms with Crippen molar-refractivity contribution in [2.45, 2.75) is 6.10 Å². The standard InChI is InChI=1S/C13H14NO2/c1-16-13(11-6-3-2-4-7-11)12-8-5-9-14(15)10-12/h2-10,13,15H,1H3/q+1. The summed E-state index contributed by atoms with van der Waals surface area (Å²) in [6.07, 6.45) is 3.06. The van der Waals surface area contributed by atoms with Crippen LogP contribution in [0.4, 0.5) is 0 Å². The topological polar surface area (TPSA) is 33.3 Å². The third kappa shape index (κ3) is 2.20. The second kappa shape index (κ2) is 4.77. The fourth-order valence-corrected chi connectivity index (χ4v) is 1.73. The minimum absolute atomic E-state index is 0.152. The lowest BCUT2D eigenvalue weighted by Gasteiger charge is -2.14. The monoisotopic (exact) mass is 216 g/mol. The maximum atomic E-state index is 9.37. The molecule has 0 bridgehead atoms. The molecule has 1 heterocycles. The Morgan fingerprint density at radius 2 is 1.75 bits per heavy atom. The number of pyridine rings is 1. The van der Waals surface area contributed by atoms with Gasteiger partial charge in [-0.1, -0.05) is 30.3 Å². The van der Waals surface area contributed by atoms with E-state index in [0.29, 0.717) is 0 Å². The molecule has 0 fully saturated rings. The molecule has 0 aliphatic carbocycles. The van der Waals surface area contributed by atoms with Gasteiger partial charge in [0.2, 0.25) is 12.4 Å². The molecule has 1 aromatic carbocycles. The lowest BCUT2D eigenvalue weighted by Crippen LogP contribution is -2.29. The van der Waals surface area contributed by atoms with E-state index in [9.17, 15) is 5.21 Å². The Morgan fingerprint density at radius 1 is 1.06 bits per heavy atom. The van der Waals surface area contributed by atoms with E-state index in [1.807, 2.05) is 36.4 Å². The van der Waals surface area contributed by atoms with Crippen LogP contribution in [0.5, 0.6) is 0 Å². The summed E-state index contributed by atoms with van der Waals surface area (Å²) in [4.78, 5) is 0. The van der Waals surface area contributed by atoms with E-state index < -0.39 is 0 Å². The zero-order valence-corrected chi connectivity index (χ0v) is 9.08. The number of nitrogens with zero attached hydrogens (tertiary/aromatic N) is 1. The molecule has 0 saturated carbocycles. The van der Waals surface area contributed by atoms with Gasteiger partial charge in [0.1, 0.15) is 6.10 Å². The van der Waals surface area contributed by atoms with Gasteiger partial charge >= 0.3 is 0 Å². The van der Waals surface area contributed by atoms with Gasteiger partial charge in [0.25, 0.3) is 0 Å². The van der Waals surface area contributed by atoms with E-state index in [0.717, 1.165) is 15.9 Å². The number of benzene rings is 1. The van der Waals surface area contributed by atoms with Crippen LogP contribution in [-0.2, 0) is 4.74 Å². The minimum Gasteiger partial charge on any atom is -0.372 e. The average molecular weight is 216 g/mol. The zero-order valence-electron chi connectivity index (χ0n) is 9.08. The molecule has 1 N–H and O–H groups in total. The van der Waals surface area contributed by atoms with Crippen LogP contribution in [0.15, 0.2) is 54.9 Å². The molecule has 0 amide bonds. The van der Waals surface area contributed by atoms with Crippen LogP contribution in [0.3, 0.4) is 0 Å². The quantitative estimate of drug-likeness (QED) is 0.628. The number of ether oxygens (including phenoxy) is 1. The van der Waals surface area contributed by atoms with Gasteiger partial charge < -0.3 is 4.74 Å². The summed E-state index contributed by atoms with van der Waals surface area (Å²) in [6.45, 7) is 0. The number of hydrogen-bond donors (Lipinski definition) is 1. The molecule has 2 rings (SSSR count). The molecular formula is C13H14NO2+. The van der Waals surface area contributed by atoms with Gasteiger partial charge in [-0.2, -0.15) is 0 Å². The number of hydrogen-bond acceptors (Lipinski definition) is 2. The van der Waals surface area contributed by atoms with E-state index in [1.54, 1.807) is 25.6 Å². The predicted octanol–water partition coefficient (Wildman–Crippen LogP) is 1.95. The molecule has 16 heavy (non-hydrogen) atoms. The number of methoxy groups -OCH3 is 1. The Labute approximate surface area is 94.5 Å². The Balaban J connectivity index is 2.37. The summed E-state index contributed by atoms with van der Waals surface area (Å²) < 4.78 is 6.49. The van der Waals surface area contributed by atoms with Gasteiger partial charge in [0.15, 0.2) is 0 Å². The van der Waals surface area contributed by atoms with Crippen molar-refractivity contribution in [1.82, 2.24) is 0 Å².